The van der Waals surface area contributed by atoms with E-state index in [4.69, 9.17) is 14.1 Å². The predicted octanol–water partition coefficient (Wildman–Crippen LogP) is 3.21. The molecule has 1 aliphatic heterocycles. The zero-order valence-electron chi connectivity index (χ0n) is 16.7. The monoisotopic (exact) mass is 425 g/mol. The van der Waals surface area contributed by atoms with Gasteiger partial charge in [0.15, 0.2) is 0 Å². The molecule has 3 aromatic rings. The van der Waals surface area contributed by atoms with Crippen LogP contribution in [0, 0.1) is 0 Å². The number of pyridine rings is 1. The Morgan fingerprint density at radius 3 is 2.93 bits per heavy atom. The lowest BCUT2D eigenvalue weighted by Crippen LogP contribution is -2.35. The summed E-state index contributed by atoms with van der Waals surface area (Å²) < 4.78 is 38.3. The van der Waals surface area contributed by atoms with Crippen molar-refractivity contribution in [2.24, 2.45) is 0 Å². The number of benzene rings is 1. The van der Waals surface area contributed by atoms with Gasteiger partial charge in [-0.1, -0.05) is 18.2 Å². The van der Waals surface area contributed by atoms with Gasteiger partial charge >= 0.3 is 0 Å². The van der Waals surface area contributed by atoms with Gasteiger partial charge in [-0.2, -0.15) is 0 Å². The molecule has 2 aliphatic rings. The highest BCUT2D eigenvalue weighted by atomic mass is 32.2. The Labute approximate surface area is 175 Å². The van der Waals surface area contributed by atoms with Gasteiger partial charge in [-0.3, -0.25) is 4.98 Å². The SMILES string of the molecule is CS(=O)(=O)N[C@H]1CC[C@@]2(Cc3cc(ccn3)-c3ccccc3OCc3coc2n3)C1. The molecule has 7 nitrogen and oxygen atoms in total. The van der Waals surface area contributed by atoms with Gasteiger partial charge in [0.25, 0.3) is 0 Å². The first-order valence-electron chi connectivity index (χ1n) is 10.00. The van der Waals surface area contributed by atoms with Crippen LogP contribution < -0.4 is 9.46 Å². The summed E-state index contributed by atoms with van der Waals surface area (Å²) in [6.07, 6.45) is 7.38. The fourth-order valence-electron chi connectivity index (χ4n) is 4.65. The molecule has 1 N–H and O–H groups in total. The highest BCUT2D eigenvalue weighted by Gasteiger charge is 2.45. The predicted molar refractivity (Wildman–Crippen MR) is 112 cm³/mol. The quantitative estimate of drug-likeness (QED) is 0.678. The van der Waals surface area contributed by atoms with E-state index in [-0.39, 0.29) is 6.04 Å². The van der Waals surface area contributed by atoms with Crippen LogP contribution in [0.1, 0.15) is 36.5 Å². The van der Waals surface area contributed by atoms with Crippen LogP contribution in [0.3, 0.4) is 0 Å². The van der Waals surface area contributed by atoms with Gasteiger partial charge in [0, 0.05) is 29.9 Å². The van der Waals surface area contributed by atoms with Gasteiger partial charge in [0.05, 0.1) is 11.7 Å². The molecular weight excluding hydrogens is 402 g/mol. The van der Waals surface area contributed by atoms with E-state index in [0.29, 0.717) is 25.3 Å². The molecule has 30 heavy (non-hydrogen) atoms. The van der Waals surface area contributed by atoms with Gasteiger partial charge < -0.3 is 9.15 Å². The summed E-state index contributed by atoms with van der Waals surface area (Å²) in [5.41, 5.74) is 3.27. The van der Waals surface area contributed by atoms with Crippen molar-refractivity contribution in [3.63, 3.8) is 0 Å². The van der Waals surface area contributed by atoms with Crippen molar-refractivity contribution in [1.82, 2.24) is 14.7 Å². The van der Waals surface area contributed by atoms with Crippen molar-refractivity contribution in [1.29, 1.82) is 0 Å². The molecule has 8 heteroatoms. The molecule has 0 unspecified atom stereocenters. The van der Waals surface area contributed by atoms with Crippen LogP contribution in [0.25, 0.3) is 11.1 Å². The fraction of sp³-hybridized carbons (Fsp3) is 0.364. The first kappa shape index (κ1) is 19.3. The van der Waals surface area contributed by atoms with Crippen molar-refractivity contribution in [3.8, 4) is 16.9 Å². The molecule has 1 aromatic carbocycles. The van der Waals surface area contributed by atoms with Gasteiger partial charge in [-0.15, -0.1) is 0 Å². The number of hydrogen-bond donors (Lipinski definition) is 1. The van der Waals surface area contributed by atoms with Crippen LogP contribution in [0.2, 0.25) is 0 Å². The van der Waals surface area contributed by atoms with Crippen LogP contribution in [-0.2, 0) is 28.5 Å². The first-order chi connectivity index (χ1) is 14.4. The Morgan fingerprint density at radius 2 is 2.07 bits per heavy atom. The lowest BCUT2D eigenvalue weighted by atomic mass is 9.80. The maximum Gasteiger partial charge on any atom is 0.208 e. The number of nitrogens with zero attached hydrogens (tertiary/aromatic N) is 2. The van der Waals surface area contributed by atoms with E-state index in [1.54, 1.807) is 6.26 Å². The second kappa shape index (κ2) is 7.21. The van der Waals surface area contributed by atoms with Crippen molar-refractivity contribution >= 4 is 10.0 Å². The van der Waals surface area contributed by atoms with E-state index in [1.165, 1.54) is 6.26 Å². The summed E-state index contributed by atoms with van der Waals surface area (Å²) in [4.78, 5) is 9.33. The van der Waals surface area contributed by atoms with Crippen LogP contribution in [0.5, 0.6) is 5.75 Å². The maximum absolute atomic E-state index is 11.8. The Bertz CT molecular complexity index is 1190. The summed E-state index contributed by atoms with van der Waals surface area (Å²) in [6, 6.07) is 11.8. The van der Waals surface area contributed by atoms with Crippen LogP contribution in [0.15, 0.2) is 53.3 Å². The number of hydrogen-bond acceptors (Lipinski definition) is 6. The molecule has 0 saturated heterocycles. The number of ether oxygens (including phenoxy) is 1. The minimum absolute atomic E-state index is 0.150. The molecule has 0 radical (unpaired) electrons. The van der Waals surface area contributed by atoms with Gasteiger partial charge in [0.2, 0.25) is 15.9 Å². The zero-order chi connectivity index (χ0) is 20.8. The minimum Gasteiger partial charge on any atom is -0.487 e. The number of oxazole rings is 1. The molecule has 1 aliphatic carbocycles. The van der Waals surface area contributed by atoms with Crippen LogP contribution >= 0.6 is 0 Å². The average Bonchev–Trinajstić information content (AvgIpc) is 3.33. The third kappa shape index (κ3) is 3.73. The summed E-state index contributed by atoms with van der Waals surface area (Å²) >= 11 is 0. The molecule has 2 atom stereocenters. The van der Waals surface area contributed by atoms with Crippen LogP contribution in [-0.4, -0.2) is 30.7 Å². The molecule has 3 heterocycles. The maximum atomic E-state index is 11.8. The smallest absolute Gasteiger partial charge is 0.208 e. The van der Waals surface area contributed by atoms with E-state index in [9.17, 15) is 8.42 Å². The lowest BCUT2D eigenvalue weighted by Gasteiger charge is -2.26. The molecule has 5 rings (SSSR count). The number of fused-ring (bicyclic) bond motifs is 7. The topological polar surface area (TPSA) is 94.3 Å². The number of sulfonamides is 1. The van der Waals surface area contributed by atoms with Crippen molar-refractivity contribution in [3.05, 3.63) is 66.1 Å². The highest BCUT2D eigenvalue weighted by molar-refractivity contribution is 7.88. The second-order valence-corrected chi connectivity index (χ2v) is 10.0. The Balaban J connectivity index is 1.58. The van der Waals surface area contributed by atoms with Crippen molar-refractivity contribution in [2.45, 2.75) is 43.7 Å². The van der Waals surface area contributed by atoms with Gasteiger partial charge in [-0.05, 0) is 43.0 Å². The Morgan fingerprint density at radius 1 is 1.20 bits per heavy atom. The van der Waals surface area contributed by atoms with Crippen molar-refractivity contribution < 1.29 is 17.6 Å². The molecule has 4 bridgehead atoms. The zero-order valence-corrected chi connectivity index (χ0v) is 17.5. The van der Waals surface area contributed by atoms with Crippen molar-refractivity contribution in [2.75, 3.05) is 6.26 Å². The number of para-hydroxylation sites is 1. The van der Waals surface area contributed by atoms with E-state index in [0.717, 1.165) is 41.1 Å². The second-order valence-electron chi connectivity index (χ2n) is 8.25. The fourth-order valence-corrected chi connectivity index (χ4v) is 5.46. The molecular formula is C22H23N3O4S. The highest BCUT2D eigenvalue weighted by Crippen LogP contribution is 2.44. The summed E-state index contributed by atoms with van der Waals surface area (Å²) in [6.45, 7) is 0.305. The Kier molecular flexibility index (Phi) is 4.63. The lowest BCUT2D eigenvalue weighted by molar-refractivity contribution is 0.302. The standard InChI is InChI=1S/C22H23N3O4S/c1-30(26,27)25-16-6-8-22(11-16)12-17-10-15(7-9-23-17)19-4-2-3-5-20(19)28-13-18-14-29-21(22)24-18/h2-5,7,9-10,14,16,25H,6,8,11-13H2,1H3/t16-,22-/m0/s1. The van der Waals surface area contributed by atoms with Gasteiger partial charge in [-0.25, -0.2) is 18.1 Å². The first-order valence-corrected chi connectivity index (χ1v) is 11.9. The number of nitrogens with one attached hydrogen (secondary N) is 1. The van der Waals surface area contributed by atoms with E-state index < -0.39 is 15.4 Å². The Hall–Kier alpha value is -2.71. The largest absolute Gasteiger partial charge is 0.487 e. The van der Waals surface area contributed by atoms with Crippen LogP contribution in [0.4, 0.5) is 0 Å². The molecule has 1 spiro atoms. The third-order valence-corrected chi connectivity index (χ3v) is 6.67. The number of rotatable bonds is 2. The summed E-state index contributed by atoms with van der Waals surface area (Å²) in [5, 5.41) is 0. The molecule has 2 aromatic heterocycles. The molecule has 1 fully saturated rings. The average molecular weight is 426 g/mol. The summed E-state index contributed by atoms with van der Waals surface area (Å²) in [7, 11) is -3.28. The minimum atomic E-state index is -3.28. The molecule has 0 amide bonds. The van der Waals surface area contributed by atoms with Gasteiger partial charge in [0.1, 0.15) is 24.3 Å². The summed E-state index contributed by atoms with van der Waals surface area (Å²) in [5.74, 6) is 1.41. The number of aromatic nitrogens is 2. The van der Waals surface area contributed by atoms with E-state index in [2.05, 4.69) is 15.8 Å². The van der Waals surface area contributed by atoms with E-state index >= 15 is 0 Å². The normalized spacial score (nSPS) is 23.3. The molecule has 156 valence electrons. The molecule has 1 saturated carbocycles. The van der Waals surface area contributed by atoms with E-state index in [1.807, 2.05) is 36.5 Å². The third-order valence-electron chi connectivity index (χ3n) is 5.90.